The molecule has 6 heteroatoms. The van der Waals surface area contributed by atoms with Crippen LogP contribution in [-0.2, 0) is 0 Å². The molecule has 5 nitrogen and oxygen atoms in total. The number of aromatic amines is 1. The minimum absolute atomic E-state index is 0.0188. The lowest BCUT2D eigenvalue weighted by molar-refractivity contribution is 0.487. The van der Waals surface area contributed by atoms with E-state index in [-0.39, 0.29) is 17.9 Å². The molecule has 0 amide bonds. The molecule has 1 aromatic carbocycles. The number of aromatic nitrogens is 3. The highest BCUT2D eigenvalue weighted by molar-refractivity contribution is 5.41. The van der Waals surface area contributed by atoms with Gasteiger partial charge in [-0.2, -0.15) is 0 Å². The molecule has 1 aliphatic rings. The molecular weight excluding hydrogens is 317 g/mol. The molecule has 0 aliphatic carbocycles. The fraction of sp³-hybridized carbons (Fsp3) is 0.263. The van der Waals surface area contributed by atoms with Crippen LogP contribution in [0.15, 0.2) is 61.1 Å². The average molecular weight is 337 g/mol. The molecule has 2 aromatic heterocycles. The summed E-state index contributed by atoms with van der Waals surface area (Å²) in [4.78, 5) is 13.8. The van der Waals surface area contributed by atoms with Crippen molar-refractivity contribution in [3.8, 4) is 0 Å². The predicted molar refractivity (Wildman–Crippen MR) is 94.8 cm³/mol. The van der Waals surface area contributed by atoms with Crippen LogP contribution in [0.5, 0.6) is 0 Å². The Balaban J connectivity index is 1.51. The number of hydrogen-bond donors (Lipinski definition) is 2. The molecule has 0 unspecified atom stereocenters. The van der Waals surface area contributed by atoms with E-state index in [0.717, 1.165) is 30.9 Å². The zero-order chi connectivity index (χ0) is 17.1. The number of nitrogens with zero attached hydrogens (tertiary/aromatic N) is 3. The highest BCUT2D eigenvalue weighted by Gasteiger charge is 2.28. The Kier molecular flexibility index (Phi) is 4.43. The van der Waals surface area contributed by atoms with Gasteiger partial charge in [0, 0.05) is 37.7 Å². The number of pyridine rings is 1. The summed E-state index contributed by atoms with van der Waals surface area (Å²) in [6.07, 6.45) is 6.16. The maximum Gasteiger partial charge on any atom is 0.165 e. The number of benzene rings is 1. The summed E-state index contributed by atoms with van der Waals surface area (Å²) in [6.45, 7) is 1.50. The van der Waals surface area contributed by atoms with Gasteiger partial charge in [-0.1, -0.05) is 30.3 Å². The summed E-state index contributed by atoms with van der Waals surface area (Å²) in [7, 11) is 0. The number of rotatable bonds is 5. The Hall–Kier alpha value is -2.73. The smallest absolute Gasteiger partial charge is 0.165 e. The van der Waals surface area contributed by atoms with E-state index in [9.17, 15) is 4.39 Å². The number of halogens is 1. The Bertz CT molecular complexity index is 806. The van der Waals surface area contributed by atoms with Crippen LogP contribution in [0.1, 0.15) is 23.9 Å². The molecule has 3 aromatic rings. The van der Waals surface area contributed by atoms with Crippen LogP contribution in [0.3, 0.4) is 0 Å². The van der Waals surface area contributed by atoms with Gasteiger partial charge in [0.1, 0.15) is 5.82 Å². The van der Waals surface area contributed by atoms with E-state index >= 15 is 0 Å². The normalized spacial score (nSPS) is 18.4. The van der Waals surface area contributed by atoms with Crippen LogP contribution in [0.4, 0.5) is 10.2 Å². The molecule has 1 fully saturated rings. The molecular formula is C19H20FN5. The van der Waals surface area contributed by atoms with Crippen molar-refractivity contribution in [3.63, 3.8) is 0 Å². The van der Waals surface area contributed by atoms with Gasteiger partial charge in [-0.15, -0.1) is 0 Å². The highest BCUT2D eigenvalue weighted by atomic mass is 19.1. The molecule has 4 rings (SSSR count). The van der Waals surface area contributed by atoms with E-state index in [1.807, 2.05) is 29.3 Å². The number of imidazole rings is 1. The van der Waals surface area contributed by atoms with Gasteiger partial charge in [-0.3, -0.25) is 5.32 Å². The van der Waals surface area contributed by atoms with Crippen molar-refractivity contribution >= 4 is 5.82 Å². The molecule has 1 saturated heterocycles. The zero-order valence-electron chi connectivity index (χ0n) is 13.8. The van der Waals surface area contributed by atoms with E-state index in [0.29, 0.717) is 5.82 Å². The van der Waals surface area contributed by atoms with E-state index < -0.39 is 0 Å². The molecule has 25 heavy (non-hydrogen) atoms. The van der Waals surface area contributed by atoms with E-state index in [1.165, 1.54) is 6.07 Å². The number of H-pyrrole nitrogens is 1. The predicted octanol–water partition coefficient (Wildman–Crippen LogP) is 2.90. The molecule has 0 radical (unpaired) electrons. The van der Waals surface area contributed by atoms with Crippen LogP contribution < -0.4 is 10.2 Å². The van der Waals surface area contributed by atoms with Crippen molar-refractivity contribution in [2.75, 3.05) is 18.0 Å². The second-order valence-electron chi connectivity index (χ2n) is 6.23. The van der Waals surface area contributed by atoms with Crippen LogP contribution in [0, 0.1) is 5.82 Å². The van der Waals surface area contributed by atoms with Gasteiger partial charge in [0.05, 0.1) is 6.04 Å². The monoisotopic (exact) mass is 337 g/mol. The summed E-state index contributed by atoms with van der Waals surface area (Å²) in [5.74, 6) is 1.04. The third-order valence-electron chi connectivity index (χ3n) is 4.55. The first-order valence-electron chi connectivity index (χ1n) is 8.47. The second kappa shape index (κ2) is 7.03. The number of hydrogen-bond acceptors (Lipinski definition) is 4. The molecule has 3 heterocycles. The lowest BCUT2D eigenvalue weighted by atomic mass is 10.0. The maximum atomic E-state index is 14.0. The summed E-state index contributed by atoms with van der Waals surface area (Å²) in [5, 5.41) is 3.67. The van der Waals surface area contributed by atoms with Crippen LogP contribution in [-0.4, -0.2) is 34.1 Å². The third-order valence-corrected chi connectivity index (χ3v) is 4.55. The summed E-state index contributed by atoms with van der Waals surface area (Å²) in [5.41, 5.74) is 1.15. The highest BCUT2D eigenvalue weighted by Crippen LogP contribution is 2.25. The Morgan fingerprint density at radius 2 is 2.00 bits per heavy atom. The fourth-order valence-corrected chi connectivity index (χ4v) is 3.35. The van der Waals surface area contributed by atoms with Gasteiger partial charge in [-0.05, 0) is 24.1 Å². The molecule has 2 N–H and O–H groups in total. The van der Waals surface area contributed by atoms with E-state index in [2.05, 4.69) is 32.4 Å². The first kappa shape index (κ1) is 15.8. The summed E-state index contributed by atoms with van der Waals surface area (Å²) < 4.78 is 14.0. The van der Waals surface area contributed by atoms with Crippen molar-refractivity contribution in [2.45, 2.75) is 18.5 Å². The van der Waals surface area contributed by atoms with E-state index in [1.54, 1.807) is 18.5 Å². The fourth-order valence-electron chi connectivity index (χ4n) is 3.35. The summed E-state index contributed by atoms with van der Waals surface area (Å²) in [6, 6.07) is 13.5. The second-order valence-corrected chi connectivity index (χ2v) is 6.23. The van der Waals surface area contributed by atoms with Crippen molar-refractivity contribution in [1.82, 2.24) is 20.3 Å². The Morgan fingerprint density at radius 3 is 2.76 bits per heavy atom. The molecule has 0 bridgehead atoms. The van der Waals surface area contributed by atoms with Crippen LogP contribution in [0.25, 0.3) is 0 Å². The van der Waals surface area contributed by atoms with Gasteiger partial charge in [0.15, 0.2) is 11.6 Å². The lowest BCUT2D eigenvalue weighted by Gasteiger charge is -2.23. The number of anilines is 1. The quantitative estimate of drug-likeness (QED) is 0.752. The standard InChI is InChI=1S/C19H20FN5/c20-16-7-4-9-23-19(16)25-12-8-15(13-25)24-17(18-21-10-11-22-18)14-5-2-1-3-6-14/h1-7,9-11,15,17,24H,8,12-13H2,(H,21,22)/t15-,17+/m0/s1. The van der Waals surface area contributed by atoms with Gasteiger partial charge < -0.3 is 9.88 Å². The van der Waals surface area contributed by atoms with Crippen LogP contribution >= 0.6 is 0 Å². The summed E-state index contributed by atoms with van der Waals surface area (Å²) >= 11 is 0. The molecule has 128 valence electrons. The SMILES string of the molecule is Fc1cccnc1N1CC[C@H](N[C@H](c2ccccc2)c2ncc[nH]2)C1. The van der Waals surface area contributed by atoms with Crippen molar-refractivity contribution in [2.24, 2.45) is 0 Å². The Labute approximate surface area is 145 Å². The first-order chi connectivity index (χ1) is 12.3. The topological polar surface area (TPSA) is 56.8 Å². The lowest BCUT2D eigenvalue weighted by Crippen LogP contribution is -2.36. The number of nitrogens with one attached hydrogen (secondary N) is 2. The molecule has 2 atom stereocenters. The minimum atomic E-state index is -0.270. The zero-order valence-corrected chi connectivity index (χ0v) is 13.8. The molecule has 0 spiro atoms. The maximum absolute atomic E-state index is 14.0. The van der Waals surface area contributed by atoms with Crippen LogP contribution in [0.2, 0.25) is 0 Å². The van der Waals surface area contributed by atoms with Crippen molar-refractivity contribution < 1.29 is 4.39 Å². The van der Waals surface area contributed by atoms with Gasteiger partial charge in [-0.25, -0.2) is 14.4 Å². The van der Waals surface area contributed by atoms with Gasteiger partial charge in [0.2, 0.25) is 0 Å². The average Bonchev–Trinajstić information content (AvgIpc) is 3.33. The van der Waals surface area contributed by atoms with Gasteiger partial charge in [0.25, 0.3) is 0 Å². The third kappa shape index (κ3) is 3.39. The minimum Gasteiger partial charge on any atom is -0.353 e. The van der Waals surface area contributed by atoms with Crippen molar-refractivity contribution in [1.29, 1.82) is 0 Å². The Morgan fingerprint density at radius 1 is 1.12 bits per heavy atom. The van der Waals surface area contributed by atoms with Gasteiger partial charge >= 0.3 is 0 Å². The molecule has 0 saturated carbocycles. The van der Waals surface area contributed by atoms with E-state index in [4.69, 9.17) is 0 Å². The van der Waals surface area contributed by atoms with Crippen molar-refractivity contribution in [3.05, 3.63) is 78.3 Å². The first-order valence-corrected chi connectivity index (χ1v) is 8.47. The molecule has 1 aliphatic heterocycles. The largest absolute Gasteiger partial charge is 0.353 e.